The van der Waals surface area contributed by atoms with Gasteiger partial charge in [0.1, 0.15) is 0 Å². The van der Waals surface area contributed by atoms with E-state index in [2.05, 4.69) is 4.90 Å². The van der Waals surface area contributed by atoms with Crippen LogP contribution in [0.25, 0.3) is 0 Å². The van der Waals surface area contributed by atoms with E-state index in [0.717, 1.165) is 13.0 Å². The zero-order chi connectivity index (χ0) is 8.55. The smallest absolute Gasteiger partial charge is 0.0950 e. The van der Waals surface area contributed by atoms with Crippen LogP contribution in [0.1, 0.15) is 6.42 Å². The van der Waals surface area contributed by atoms with Crippen molar-refractivity contribution in [2.75, 3.05) is 26.3 Å². The lowest BCUT2D eigenvalue weighted by Crippen LogP contribution is -2.41. The molecule has 2 unspecified atom stereocenters. The van der Waals surface area contributed by atoms with Crippen LogP contribution in [0.2, 0.25) is 0 Å². The molecule has 2 aliphatic heterocycles. The van der Waals surface area contributed by atoms with Gasteiger partial charge in [-0.15, -0.1) is 0 Å². The molecule has 2 aliphatic rings. The van der Waals surface area contributed by atoms with Crippen molar-refractivity contribution in [1.82, 2.24) is 4.90 Å². The summed E-state index contributed by atoms with van der Waals surface area (Å²) in [5, 5.41) is 18.8. The minimum absolute atomic E-state index is 0.113. The van der Waals surface area contributed by atoms with Gasteiger partial charge < -0.3 is 14.9 Å². The largest absolute Gasteiger partial charge is 0.392 e. The minimum atomic E-state index is -0.365. The number of aliphatic hydroxyl groups excluding tert-OH is 2. The highest BCUT2D eigenvalue weighted by molar-refractivity contribution is 4.88. The molecule has 0 aromatic carbocycles. The fraction of sp³-hybridized carbons (Fsp3) is 1.00. The molecule has 0 aromatic heterocycles. The molecule has 12 heavy (non-hydrogen) atoms. The molecular formula is C8H15NO3. The van der Waals surface area contributed by atoms with Crippen LogP contribution in [0, 0.1) is 0 Å². The number of aliphatic hydroxyl groups is 2. The zero-order valence-electron chi connectivity index (χ0n) is 7.02. The number of hydrogen-bond acceptors (Lipinski definition) is 4. The summed E-state index contributed by atoms with van der Waals surface area (Å²) in [4.78, 5) is 2.11. The molecule has 2 N–H and O–H groups in total. The van der Waals surface area contributed by atoms with Crippen LogP contribution in [-0.2, 0) is 4.74 Å². The Hall–Kier alpha value is -0.160. The van der Waals surface area contributed by atoms with Gasteiger partial charge in [-0.25, -0.2) is 0 Å². The molecule has 2 saturated heterocycles. The topological polar surface area (TPSA) is 52.9 Å². The van der Waals surface area contributed by atoms with Gasteiger partial charge in [-0.05, 0) is 6.42 Å². The third-order valence-electron chi connectivity index (χ3n) is 2.69. The standard InChI is InChI=1S/C8H15NO3/c10-6-1-2-9(3-6)7-4-12-5-8(7)11/h6-8,10-11H,1-5H2/t6-,7?,8?/m0/s1. The van der Waals surface area contributed by atoms with Crippen LogP contribution in [0.5, 0.6) is 0 Å². The van der Waals surface area contributed by atoms with Crippen LogP contribution in [-0.4, -0.2) is 59.7 Å². The Kier molecular flexibility index (Phi) is 2.32. The average molecular weight is 173 g/mol. The maximum Gasteiger partial charge on any atom is 0.0950 e. The first-order valence-corrected chi connectivity index (χ1v) is 4.45. The number of ether oxygens (including phenoxy) is 1. The Morgan fingerprint density at radius 2 is 2.08 bits per heavy atom. The van der Waals surface area contributed by atoms with E-state index >= 15 is 0 Å². The molecule has 0 radical (unpaired) electrons. The predicted octanol–water partition coefficient (Wildman–Crippen LogP) is -1.19. The van der Waals surface area contributed by atoms with Crippen molar-refractivity contribution in [2.24, 2.45) is 0 Å². The van der Waals surface area contributed by atoms with E-state index in [4.69, 9.17) is 4.74 Å². The summed E-state index contributed by atoms with van der Waals surface area (Å²) in [6.45, 7) is 2.61. The highest BCUT2D eigenvalue weighted by atomic mass is 16.5. The van der Waals surface area contributed by atoms with Crippen LogP contribution in [0.3, 0.4) is 0 Å². The van der Waals surface area contributed by atoms with Crippen molar-refractivity contribution in [3.8, 4) is 0 Å². The van der Waals surface area contributed by atoms with E-state index in [9.17, 15) is 10.2 Å². The van der Waals surface area contributed by atoms with E-state index in [1.165, 1.54) is 0 Å². The van der Waals surface area contributed by atoms with E-state index in [1.54, 1.807) is 0 Å². The average Bonchev–Trinajstić information content (AvgIpc) is 2.58. The summed E-state index contributed by atoms with van der Waals surface area (Å²) in [7, 11) is 0. The van der Waals surface area contributed by atoms with Gasteiger partial charge in [0.15, 0.2) is 0 Å². The van der Waals surface area contributed by atoms with Crippen LogP contribution in [0.4, 0.5) is 0 Å². The zero-order valence-corrected chi connectivity index (χ0v) is 7.02. The van der Waals surface area contributed by atoms with E-state index in [-0.39, 0.29) is 18.2 Å². The van der Waals surface area contributed by atoms with Gasteiger partial charge in [-0.2, -0.15) is 0 Å². The van der Waals surface area contributed by atoms with Crippen molar-refractivity contribution in [1.29, 1.82) is 0 Å². The molecule has 70 valence electrons. The lowest BCUT2D eigenvalue weighted by atomic mass is 10.2. The summed E-state index contributed by atoms with van der Waals surface area (Å²) >= 11 is 0. The molecule has 0 amide bonds. The maximum absolute atomic E-state index is 9.49. The Balaban J connectivity index is 1.91. The monoisotopic (exact) mass is 173 g/mol. The maximum atomic E-state index is 9.49. The van der Waals surface area contributed by atoms with Crippen molar-refractivity contribution in [2.45, 2.75) is 24.7 Å². The second-order valence-corrected chi connectivity index (χ2v) is 3.61. The lowest BCUT2D eigenvalue weighted by molar-refractivity contribution is 0.0853. The summed E-state index contributed by atoms with van der Waals surface area (Å²) in [5.41, 5.74) is 0. The Morgan fingerprint density at radius 1 is 1.25 bits per heavy atom. The van der Waals surface area contributed by atoms with Gasteiger partial charge in [0.2, 0.25) is 0 Å². The first kappa shape index (κ1) is 8.44. The van der Waals surface area contributed by atoms with Crippen molar-refractivity contribution in [3.05, 3.63) is 0 Å². The number of hydrogen-bond donors (Lipinski definition) is 2. The number of β-amino-alcohol motifs (C(OH)–C–C–N with tert-alkyl or cyclic N) is 1. The summed E-state index contributed by atoms with van der Waals surface area (Å²) in [5.74, 6) is 0. The molecule has 2 fully saturated rings. The van der Waals surface area contributed by atoms with Gasteiger partial charge in [-0.1, -0.05) is 0 Å². The first-order valence-electron chi connectivity index (χ1n) is 4.45. The molecule has 0 aliphatic carbocycles. The Morgan fingerprint density at radius 3 is 2.58 bits per heavy atom. The van der Waals surface area contributed by atoms with Crippen LogP contribution < -0.4 is 0 Å². The quantitative estimate of drug-likeness (QED) is 0.523. The molecule has 0 saturated carbocycles. The van der Waals surface area contributed by atoms with Crippen LogP contribution >= 0.6 is 0 Å². The molecule has 0 bridgehead atoms. The highest BCUT2D eigenvalue weighted by Gasteiger charge is 2.35. The lowest BCUT2D eigenvalue weighted by Gasteiger charge is -2.24. The van der Waals surface area contributed by atoms with E-state index in [0.29, 0.717) is 19.8 Å². The van der Waals surface area contributed by atoms with Crippen molar-refractivity contribution < 1.29 is 14.9 Å². The van der Waals surface area contributed by atoms with Gasteiger partial charge in [0.05, 0.1) is 31.5 Å². The minimum Gasteiger partial charge on any atom is -0.392 e. The normalized spacial score (nSPS) is 44.0. The van der Waals surface area contributed by atoms with Gasteiger partial charge in [0, 0.05) is 13.1 Å². The fourth-order valence-electron chi connectivity index (χ4n) is 1.95. The van der Waals surface area contributed by atoms with Gasteiger partial charge in [-0.3, -0.25) is 4.90 Å². The SMILES string of the molecule is OC1COCC1N1CC[C@H](O)C1. The molecule has 2 rings (SSSR count). The summed E-state index contributed by atoms with van der Waals surface area (Å²) in [6.07, 6.45) is 0.247. The summed E-state index contributed by atoms with van der Waals surface area (Å²) in [6, 6.07) is 0.113. The van der Waals surface area contributed by atoms with Crippen molar-refractivity contribution >= 4 is 0 Å². The summed E-state index contributed by atoms with van der Waals surface area (Å²) < 4.78 is 5.14. The molecular weight excluding hydrogens is 158 g/mol. The number of likely N-dealkylation sites (tertiary alicyclic amines) is 1. The number of rotatable bonds is 1. The molecule has 0 aromatic rings. The fourth-order valence-corrected chi connectivity index (χ4v) is 1.95. The molecule has 0 spiro atoms. The van der Waals surface area contributed by atoms with Crippen molar-refractivity contribution in [3.63, 3.8) is 0 Å². The highest BCUT2D eigenvalue weighted by Crippen LogP contribution is 2.18. The Bertz CT molecular complexity index is 164. The third kappa shape index (κ3) is 1.47. The molecule has 2 heterocycles. The predicted molar refractivity (Wildman–Crippen MR) is 42.8 cm³/mol. The second-order valence-electron chi connectivity index (χ2n) is 3.61. The Labute approximate surface area is 71.7 Å². The molecule has 4 heteroatoms. The first-order chi connectivity index (χ1) is 5.77. The molecule has 4 nitrogen and oxygen atoms in total. The third-order valence-corrected chi connectivity index (χ3v) is 2.69. The molecule has 3 atom stereocenters. The second kappa shape index (κ2) is 3.30. The van der Waals surface area contributed by atoms with E-state index < -0.39 is 0 Å². The number of nitrogens with zero attached hydrogens (tertiary/aromatic N) is 1. The van der Waals surface area contributed by atoms with Gasteiger partial charge in [0.25, 0.3) is 0 Å². The van der Waals surface area contributed by atoms with Gasteiger partial charge >= 0.3 is 0 Å². The van der Waals surface area contributed by atoms with Crippen LogP contribution in [0.15, 0.2) is 0 Å². The van der Waals surface area contributed by atoms with E-state index in [1.807, 2.05) is 0 Å².